The molecule has 0 aliphatic heterocycles. The van der Waals surface area contributed by atoms with Gasteiger partial charge in [0.15, 0.2) is 5.11 Å². The summed E-state index contributed by atoms with van der Waals surface area (Å²) in [5, 5.41) is 11.3. The number of hydrogen-bond donors (Lipinski definition) is 2. The number of hydrogen-bond acceptors (Lipinski definition) is 2. The summed E-state index contributed by atoms with van der Waals surface area (Å²) in [7, 11) is 1.92. The van der Waals surface area contributed by atoms with Gasteiger partial charge in [-0.2, -0.15) is 5.10 Å². The first-order chi connectivity index (χ1) is 9.04. The maximum Gasteiger partial charge on any atom is 0.171 e. The SMILES string of the molecule is Cc1ccc(NC(=S)NCc2cn(C)nc2C)cc1. The van der Waals surface area contributed by atoms with Crippen LogP contribution in [0, 0.1) is 13.8 Å². The molecule has 0 amide bonds. The molecular weight excluding hydrogens is 256 g/mol. The number of nitrogens with one attached hydrogen (secondary N) is 2. The largest absolute Gasteiger partial charge is 0.358 e. The molecule has 2 rings (SSSR count). The number of thiocarbonyl (C=S) groups is 1. The predicted molar refractivity (Wildman–Crippen MR) is 82.2 cm³/mol. The Labute approximate surface area is 118 Å². The zero-order valence-electron chi connectivity index (χ0n) is 11.4. The van der Waals surface area contributed by atoms with Crippen molar-refractivity contribution in [1.29, 1.82) is 0 Å². The Morgan fingerprint density at radius 2 is 1.95 bits per heavy atom. The number of rotatable bonds is 3. The van der Waals surface area contributed by atoms with Crippen LogP contribution in [0.2, 0.25) is 0 Å². The summed E-state index contributed by atoms with van der Waals surface area (Å²) in [6, 6.07) is 8.13. The van der Waals surface area contributed by atoms with E-state index in [1.165, 1.54) is 5.56 Å². The average molecular weight is 274 g/mol. The van der Waals surface area contributed by atoms with Crippen molar-refractivity contribution in [2.45, 2.75) is 20.4 Å². The van der Waals surface area contributed by atoms with Crippen molar-refractivity contribution in [3.8, 4) is 0 Å². The highest BCUT2D eigenvalue weighted by atomic mass is 32.1. The molecule has 5 heteroatoms. The van der Waals surface area contributed by atoms with Gasteiger partial charge in [0.1, 0.15) is 0 Å². The Morgan fingerprint density at radius 3 is 2.53 bits per heavy atom. The van der Waals surface area contributed by atoms with Gasteiger partial charge in [0.2, 0.25) is 0 Å². The molecule has 19 heavy (non-hydrogen) atoms. The first-order valence-electron chi connectivity index (χ1n) is 6.15. The van der Waals surface area contributed by atoms with Gasteiger partial charge in [0.05, 0.1) is 5.69 Å². The van der Waals surface area contributed by atoms with Crippen molar-refractivity contribution in [1.82, 2.24) is 15.1 Å². The van der Waals surface area contributed by atoms with Crippen molar-refractivity contribution >= 4 is 23.0 Å². The molecule has 0 fully saturated rings. The molecule has 1 heterocycles. The van der Waals surface area contributed by atoms with Crippen molar-refractivity contribution < 1.29 is 0 Å². The minimum atomic E-state index is 0.618. The van der Waals surface area contributed by atoms with Crippen LogP contribution in [0.3, 0.4) is 0 Å². The molecule has 0 spiro atoms. The number of benzene rings is 1. The molecule has 2 N–H and O–H groups in total. The third kappa shape index (κ3) is 3.79. The van der Waals surface area contributed by atoms with E-state index in [0.29, 0.717) is 11.7 Å². The fourth-order valence-corrected chi connectivity index (χ4v) is 2.00. The Kier molecular flexibility index (Phi) is 4.16. The molecule has 0 radical (unpaired) electrons. The summed E-state index contributed by atoms with van der Waals surface area (Å²) in [4.78, 5) is 0. The highest BCUT2D eigenvalue weighted by Crippen LogP contribution is 2.09. The lowest BCUT2D eigenvalue weighted by Gasteiger charge is -2.10. The van der Waals surface area contributed by atoms with Crippen molar-refractivity contribution in [3.63, 3.8) is 0 Å². The van der Waals surface area contributed by atoms with Crippen molar-refractivity contribution in [2.75, 3.05) is 5.32 Å². The maximum atomic E-state index is 5.27. The van der Waals surface area contributed by atoms with Crippen LogP contribution in [0.4, 0.5) is 5.69 Å². The number of aryl methyl sites for hydroxylation is 3. The second-order valence-corrected chi connectivity index (χ2v) is 5.00. The summed E-state index contributed by atoms with van der Waals surface area (Å²) in [5.74, 6) is 0. The summed E-state index contributed by atoms with van der Waals surface area (Å²) in [6.45, 7) is 4.73. The fourth-order valence-electron chi connectivity index (χ4n) is 1.81. The smallest absolute Gasteiger partial charge is 0.171 e. The van der Waals surface area contributed by atoms with Crippen molar-refractivity contribution in [3.05, 3.63) is 47.3 Å². The second-order valence-electron chi connectivity index (χ2n) is 4.59. The Morgan fingerprint density at radius 1 is 1.26 bits per heavy atom. The molecule has 0 aliphatic rings. The topological polar surface area (TPSA) is 41.9 Å². The summed E-state index contributed by atoms with van der Waals surface area (Å²) < 4.78 is 1.81. The molecule has 1 aromatic heterocycles. The van der Waals surface area contributed by atoms with E-state index in [1.54, 1.807) is 0 Å². The quantitative estimate of drug-likeness (QED) is 0.844. The van der Waals surface area contributed by atoms with E-state index >= 15 is 0 Å². The van der Waals surface area contributed by atoms with Gasteiger partial charge >= 0.3 is 0 Å². The third-order valence-corrected chi connectivity index (χ3v) is 3.11. The van der Waals surface area contributed by atoms with Gasteiger partial charge in [-0.3, -0.25) is 4.68 Å². The van der Waals surface area contributed by atoms with Gasteiger partial charge in [-0.1, -0.05) is 17.7 Å². The van der Waals surface area contributed by atoms with E-state index in [4.69, 9.17) is 12.2 Å². The second kappa shape index (κ2) is 5.84. The molecule has 0 atom stereocenters. The molecule has 4 nitrogen and oxygen atoms in total. The van der Waals surface area contributed by atoms with E-state index in [2.05, 4.69) is 34.8 Å². The van der Waals surface area contributed by atoms with Crippen molar-refractivity contribution in [2.24, 2.45) is 7.05 Å². The van der Waals surface area contributed by atoms with Crippen LogP contribution in [0.15, 0.2) is 30.5 Å². The Balaban J connectivity index is 1.88. The Bertz CT molecular complexity index is 572. The molecule has 0 saturated carbocycles. The van der Waals surface area contributed by atoms with Crippen LogP contribution in [-0.4, -0.2) is 14.9 Å². The van der Waals surface area contributed by atoms with E-state index in [1.807, 2.05) is 37.0 Å². The summed E-state index contributed by atoms with van der Waals surface area (Å²) in [5.41, 5.74) is 4.39. The number of anilines is 1. The van der Waals surface area contributed by atoms with Crippen LogP contribution >= 0.6 is 12.2 Å². The van der Waals surface area contributed by atoms with Crippen LogP contribution < -0.4 is 10.6 Å². The van der Waals surface area contributed by atoms with Crippen LogP contribution in [0.5, 0.6) is 0 Å². The lowest BCUT2D eigenvalue weighted by molar-refractivity contribution is 0.756. The predicted octanol–water partition coefficient (Wildman–Crippen LogP) is 2.52. The van der Waals surface area contributed by atoms with Gasteiger partial charge in [0, 0.05) is 31.0 Å². The van der Waals surface area contributed by atoms with Gasteiger partial charge < -0.3 is 10.6 Å². The first kappa shape index (κ1) is 13.5. The van der Waals surface area contributed by atoms with Gasteiger partial charge in [0.25, 0.3) is 0 Å². The first-order valence-corrected chi connectivity index (χ1v) is 6.56. The molecule has 2 aromatic rings. The van der Waals surface area contributed by atoms with E-state index in [9.17, 15) is 0 Å². The molecule has 0 aliphatic carbocycles. The minimum Gasteiger partial charge on any atom is -0.358 e. The highest BCUT2D eigenvalue weighted by molar-refractivity contribution is 7.80. The monoisotopic (exact) mass is 274 g/mol. The van der Waals surface area contributed by atoms with Crippen LogP contribution in [0.1, 0.15) is 16.8 Å². The average Bonchev–Trinajstić information content (AvgIpc) is 2.68. The maximum absolute atomic E-state index is 5.27. The molecular formula is C14H18N4S. The third-order valence-electron chi connectivity index (χ3n) is 2.86. The normalized spacial score (nSPS) is 10.3. The molecule has 0 saturated heterocycles. The highest BCUT2D eigenvalue weighted by Gasteiger charge is 2.03. The van der Waals surface area contributed by atoms with Gasteiger partial charge in [-0.25, -0.2) is 0 Å². The molecule has 1 aromatic carbocycles. The minimum absolute atomic E-state index is 0.618. The van der Waals surface area contributed by atoms with Crippen LogP contribution in [0.25, 0.3) is 0 Å². The van der Waals surface area contributed by atoms with Gasteiger partial charge in [-0.05, 0) is 38.2 Å². The zero-order valence-corrected chi connectivity index (χ0v) is 12.2. The standard InChI is InChI=1S/C14H18N4S/c1-10-4-6-13(7-5-10)16-14(19)15-8-12-9-18(3)17-11(12)2/h4-7,9H,8H2,1-3H3,(H2,15,16,19). The lowest BCUT2D eigenvalue weighted by atomic mass is 10.2. The van der Waals surface area contributed by atoms with E-state index < -0.39 is 0 Å². The fraction of sp³-hybridized carbons (Fsp3) is 0.286. The van der Waals surface area contributed by atoms with Gasteiger partial charge in [-0.15, -0.1) is 0 Å². The number of nitrogens with zero attached hydrogens (tertiary/aromatic N) is 2. The van der Waals surface area contributed by atoms with E-state index in [-0.39, 0.29) is 0 Å². The Hall–Kier alpha value is -1.88. The van der Waals surface area contributed by atoms with Crippen LogP contribution in [-0.2, 0) is 13.6 Å². The molecule has 100 valence electrons. The molecule has 0 bridgehead atoms. The summed E-state index contributed by atoms with van der Waals surface area (Å²) >= 11 is 5.27. The zero-order chi connectivity index (χ0) is 13.8. The molecule has 0 unspecified atom stereocenters. The number of aromatic nitrogens is 2. The summed E-state index contributed by atoms with van der Waals surface area (Å²) in [6.07, 6.45) is 2.00. The van der Waals surface area contributed by atoms with E-state index in [0.717, 1.165) is 16.9 Å². The lowest BCUT2D eigenvalue weighted by Crippen LogP contribution is -2.27.